The first-order valence-electron chi connectivity index (χ1n) is 12.5. The van der Waals surface area contributed by atoms with Gasteiger partial charge in [0.1, 0.15) is 5.52 Å². The lowest BCUT2D eigenvalue weighted by atomic mass is 9.87. The number of hydrogen-bond donors (Lipinski definition) is 2. The van der Waals surface area contributed by atoms with Crippen molar-refractivity contribution in [2.24, 2.45) is 12.5 Å². The Hall–Kier alpha value is -2.26. The summed E-state index contributed by atoms with van der Waals surface area (Å²) in [5.74, 6) is 1.46. The minimum absolute atomic E-state index is 0.442. The lowest BCUT2D eigenvalue weighted by molar-refractivity contribution is 0.0975. The fourth-order valence-electron chi connectivity index (χ4n) is 5.61. The smallest absolute Gasteiger partial charge is 0.230 e. The fourth-order valence-corrected chi connectivity index (χ4v) is 6.48. The number of fused-ring (bicyclic) bond motifs is 1. The molecule has 3 aromatic rings. The van der Waals surface area contributed by atoms with E-state index in [1.165, 1.54) is 64.5 Å². The summed E-state index contributed by atoms with van der Waals surface area (Å²) in [6.07, 6.45) is 15.4. The van der Waals surface area contributed by atoms with Gasteiger partial charge in [0.2, 0.25) is 5.95 Å². The minimum atomic E-state index is 0.442. The second-order valence-corrected chi connectivity index (χ2v) is 11.3. The highest BCUT2D eigenvalue weighted by Crippen LogP contribution is 2.54. The molecular weight excluding hydrogens is 432 g/mol. The van der Waals surface area contributed by atoms with Gasteiger partial charge in [-0.3, -0.25) is 4.68 Å². The molecule has 6 rings (SSSR count). The Labute approximate surface area is 199 Å². The third-order valence-corrected chi connectivity index (χ3v) is 9.03. The summed E-state index contributed by atoms with van der Waals surface area (Å²) in [7, 11) is 1.91. The zero-order valence-electron chi connectivity index (χ0n) is 19.7. The van der Waals surface area contributed by atoms with Crippen LogP contribution in [-0.2, 0) is 13.5 Å². The second kappa shape index (κ2) is 8.51. The van der Waals surface area contributed by atoms with Crippen LogP contribution in [-0.4, -0.2) is 54.8 Å². The molecule has 33 heavy (non-hydrogen) atoms. The van der Waals surface area contributed by atoms with Crippen molar-refractivity contribution in [3.8, 4) is 0 Å². The molecule has 1 saturated heterocycles. The summed E-state index contributed by atoms with van der Waals surface area (Å²) in [4.78, 5) is 18.1. The Morgan fingerprint density at radius 2 is 1.85 bits per heavy atom. The molecule has 1 aliphatic heterocycles. The summed E-state index contributed by atoms with van der Waals surface area (Å²) < 4.78 is 1.77. The number of nitrogens with zero attached hydrogens (tertiary/aromatic N) is 6. The van der Waals surface area contributed by atoms with Crippen LogP contribution in [0.4, 0.5) is 17.5 Å². The van der Waals surface area contributed by atoms with E-state index in [0.29, 0.717) is 12.0 Å². The Balaban J connectivity index is 1.15. The van der Waals surface area contributed by atoms with Crippen molar-refractivity contribution in [3.05, 3.63) is 17.4 Å². The van der Waals surface area contributed by atoms with Crippen LogP contribution in [0.15, 0.2) is 12.4 Å². The van der Waals surface area contributed by atoms with Crippen molar-refractivity contribution in [1.82, 2.24) is 29.6 Å². The first-order chi connectivity index (χ1) is 16.1. The average molecular weight is 467 g/mol. The lowest BCUT2D eigenvalue weighted by Gasteiger charge is -2.41. The molecule has 2 saturated carbocycles. The second-order valence-electron chi connectivity index (χ2n) is 10.2. The van der Waals surface area contributed by atoms with Gasteiger partial charge < -0.3 is 15.5 Å². The van der Waals surface area contributed by atoms with Gasteiger partial charge in [-0.1, -0.05) is 18.3 Å². The highest BCUT2D eigenvalue weighted by Gasteiger charge is 2.45. The Kier molecular flexibility index (Phi) is 5.49. The van der Waals surface area contributed by atoms with Crippen molar-refractivity contribution in [2.45, 2.75) is 76.8 Å². The molecule has 0 aromatic carbocycles. The normalized spacial score (nSPS) is 24.9. The van der Waals surface area contributed by atoms with Gasteiger partial charge in [-0.15, -0.1) is 0 Å². The quantitative estimate of drug-likeness (QED) is 0.543. The maximum absolute atomic E-state index is 4.84. The van der Waals surface area contributed by atoms with Crippen LogP contribution in [0.2, 0.25) is 0 Å². The van der Waals surface area contributed by atoms with Gasteiger partial charge in [0.25, 0.3) is 0 Å². The SMILES string of the molecule is CCc1nc2c(N[C@H]3CC[C@H](N4CCC5(CC4)CC5)CC3)nc(Nc3cnn(C)c3)nc2s1. The highest BCUT2D eigenvalue weighted by atomic mass is 32.1. The number of likely N-dealkylation sites (tertiary alicyclic amines) is 1. The van der Waals surface area contributed by atoms with Crippen LogP contribution in [0, 0.1) is 5.41 Å². The van der Waals surface area contributed by atoms with Crippen LogP contribution < -0.4 is 10.6 Å². The molecule has 0 atom stereocenters. The summed E-state index contributed by atoms with van der Waals surface area (Å²) in [6, 6.07) is 1.20. The molecule has 2 N–H and O–H groups in total. The van der Waals surface area contributed by atoms with E-state index in [9.17, 15) is 0 Å². The maximum atomic E-state index is 4.84. The topological polar surface area (TPSA) is 83.8 Å². The number of hydrogen-bond acceptors (Lipinski definition) is 8. The molecule has 4 heterocycles. The fraction of sp³-hybridized carbons (Fsp3) is 0.667. The van der Waals surface area contributed by atoms with E-state index in [4.69, 9.17) is 15.0 Å². The summed E-state index contributed by atoms with van der Waals surface area (Å²) in [5, 5.41) is 12.4. The lowest BCUT2D eigenvalue weighted by Crippen LogP contribution is -2.45. The average Bonchev–Trinajstić information content (AvgIpc) is 3.24. The van der Waals surface area contributed by atoms with E-state index < -0.39 is 0 Å². The zero-order valence-corrected chi connectivity index (χ0v) is 20.5. The van der Waals surface area contributed by atoms with Crippen LogP contribution >= 0.6 is 11.3 Å². The molecule has 2 aliphatic carbocycles. The van der Waals surface area contributed by atoms with Crippen molar-refractivity contribution in [3.63, 3.8) is 0 Å². The van der Waals surface area contributed by atoms with E-state index in [0.717, 1.165) is 44.7 Å². The van der Waals surface area contributed by atoms with Gasteiger partial charge in [0.05, 0.1) is 16.9 Å². The van der Waals surface area contributed by atoms with Crippen molar-refractivity contribution in [2.75, 3.05) is 23.7 Å². The van der Waals surface area contributed by atoms with E-state index in [-0.39, 0.29) is 0 Å². The maximum Gasteiger partial charge on any atom is 0.230 e. The standard InChI is InChI=1S/C24H34N8S/c1-3-19-28-20-21(29-23(30-22(20)33-19)27-17-14-25-31(2)15-17)26-16-4-6-18(7-5-16)32-12-10-24(8-9-24)11-13-32/h14-16,18H,3-13H2,1-2H3,(H2,26,27,29,30)/t16-,18-. The molecule has 0 amide bonds. The van der Waals surface area contributed by atoms with Crippen molar-refractivity contribution in [1.29, 1.82) is 0 Å². The van der Waals surface area contributed by atoms with Crippen molar-refractivity contribution >= 4 is 39.1 Å². The molecule has 3 aliphatic rings. The molecular formula is C24H34N8S. The molecule has 0 radical (unpaired) electrons. The van der Waals surface area contributed by atoms with E-state index in [2.05, 4.69) is 27.6 Å². The molecule has 8 nitrogen and oxygen atoms in total. The molecule has 0 bridgehead atoms. The molecule has 9 heteroatoms. The summed E-state index contributed by atoms with van der Waals surface area (Å²) >= 11 is 1.66. The van der Waals surface area contributed by atoms with Gasteiger partial charge in [-0.2, -0.15) is 15.1 Å². The van der Waals surface area contributed by atoms with Crippen LogP contribution in [0.1, 0.15) is 63.3 Å². The van der Waals surface area contributed by atoms with E-state index in [1.54, 1.807) is 22.2 Å². The number of nitrogens with one attached hydrogen (secondary N) is 2. The largest absolute Gasteiger partial charge is 0.365 e. The minimum Gasteiger partial charge on any atom is -0.365 e. The Morgan fingerprint density at radius 1 is 1.06 bits per heavy atom. The molecule has 0 unspecified atom stereocenters. The number of aryl methyl sites for hydroxylation is 2. The predicted octanol–water partition coefficient (Wildman–Crippen LogP) is 4.72. The van der Waals surface area contributed by atoms with Crippen LogP contribution in [0.25, 0.3) is 10.3 Å². The monoisotopic (exact) mass is 466 g/mol. The summed E-state index contributed by atoms with van der Waals surface area (Å²) in [5.41, 5.74) is 2.56. The third-order valence-electron chi connectivity index (χ3n) is 7.94. The number of anilines is 3. The molecule has 3 aromatic heterocycles. The van der Waals surface area contributed by atoms with E-state index >= 15 is 0 Å². The number of aromatic nitrogens is 5. The molecule has 3 fully saturated rings. The third kappa shape index (κ3) is 4.45. The van der Waals surface area contributed by atoms with Gasteiger partial charge in [0.15, 0.2) is 10.6 Å². The van der Waals surface area contributed by atoms with Gasteiger partial charge in [0, 0.05) is 25.3 Å². The molecule has 176 valence electrons. The van der Waals surface area contributed by atoms with Crippen molar-refractivity contribution < 1.29 is 0 Å². The van der Waals surface area contributed by atoms with Crippen LogP contribution in [0.5, 0.6) is 0 Å². The summed E-state index contributed by atoms with van der Waals surface area (Å²) in [6.45, 7) is 4.77. The molecule has 1 spiro atoms. The van der Waals surface area contributed by atoms with Gasteiger partial charge in [-0.05, 0) is 76.3 Å². The number of rotatable bonds is 6. The van der Waals surface area contributed by atoms with Crippen LogP contribution in [0.3, 0.4) is 0 Å². The number of piperidine rings is 1. The number of thiazole rings is 1. The Morgan fingerprint density at radius 3 is 2.52 bits per heavy atom. The highest BCUT2D eigenvalue weighted by molar-refractivity contribution is 7.18. The van der Waals surface area contributed by atoms with E-state index in [1.807, 2.05) is 13.2 Å². The zero-order chi connectivity index (χ0) is 22.4. The predicted molar refractivity (Wildman–Crippen MR) is 133 cm³/mol. The Bertz CT molecular complexity index is 1110. The first-order valence-corrected chi connectivity index (χ1v) is 13.3. The van der Waals surface area contributed by atoms with Gasteiger partial charge >= 0.3 is 0 Å². The van der Waals surface area contributed by atoms with Gasteiger partial charge in [-0.25, -0.2) is 4.98 Å². The first kappa shape index (κ1) is 21.3.